The molecule has 3 atom stereocenters. The Labute approximate surface area is 152 Å². The van der Waals surface area contributed by atoms with Crippen LogP contribution in [-0.2, 0) is 9.53 Å². The lowest BCUT2D eigenvalue weighted by molar-refractivity contribution is -0.132. The van der Waals surface area contributed by atoms with E-state index in [0.29, 0.717) is 13.0 Å². The topological polar surface area (TPSA) is 73.6 Å². The minimum absolute atomic E-state index is 0.0731. The van der Waals surface area contributed by atoms with Crippen molar-refractivity contribution in [3.63, 3.8) is 0 Å². The van der Waals surface area contributed by atoms with Gasteiger partial charge in [0.15, 0.2) is 0 Å². The average molecular weight is 358 g/mol. The van der Waals surface area contributed by atoms with Crippen LogP contribution in [0.2, 0.25) is 0 Å². The van der Waals surface area contributed by atoms with Gasteiger partial charge in [-0.05, 0) is 48.2 Å². The third-order valence-electron chi connectivity index (χ3n) is 4.60. The number of ether oxygens (including phenoxy) is 2. The van der Waals surface area contributed by atoms with Gasteiger partial charge in [-0.3, -0.25) is 4.79 Å². The second-order valence-corrected chi connectivity index (χ2v) is 6.33. The van der Waals surface area contributed by atoms with Gasteiger partial charge in [0, 0.05) is 6.54 Å². The summed E-state index contributed by atoms with van der Waals surface area (Å²) in [5, 5.41) is 3.03. The Bertz CT molecular complexity index is 734. The first-order chi connectivity index (χ1) is 12.6. The Balaban J connectivity index is 1.82. The largest absolute Gasteiger partial charge is 0.497 e. The van der Waals surface area contributed by atoms with Gasteiger partial charge >= 0.3 is 0 Å². The van der Waals surface area contributed by atoms with Crippen molar-refractivity contribution >= 4 is 5.91 Å². The molecule has 0 aliphatic carbocycles. The molecule has 1 fully saturated rings. The zero-order valence-electron chi connectivity index (χ0n) is 14.7. The van der Waals surface area contributed by atoms with E-state index in [1.807, 2.05) is 24.3 Å². The lowest BCUT2D eigenvalue weighted by Crippen LogP contribution is -2.38. The van der Waals surface area contributed by atoms with Crippen LogP contribution in [0.3, 0.4) is 0 Å². The fourth-order valence-corrected chi connectivity index (χ4v) is 3.12. The van der Waals surface area contributed by atoms with E-state index in [-0.39, 0.29) is 17.8 Å². The number of methoxy groups -OCH3 is 1. The Morgan fingerprint density at radius 2 is 1.81 bits per heavy atom. The van der Waals surface area contributed by atoms with Crippen LogP contribution >= 0.6 is 0 Å². The van der Waals surface area contributed by atoms with Crippen LogP contribution in [-0.4, -0.2) is 31.8 Å². The number of nitrogens with two attached hydrogens (primary N) is 1. The quantitative estimate of drug-likeness (QED) is 0.832. The predicted octanol–water partition coefficient (Wildman–Crippen LogP) is 2.55. The van der Waals surface area contributed by atoms with Crippen LogP contribution < -0.4 is 15.8 Å². The summed E-state index contributed by atoms with van der Waals surface area (Å²) in [5.74, 6) is 0.215. The number of benzene rings is 2. The smallest absolute Gasteiger partial charge is 0.249 e. The number of carbonyl (C=O) groups excluding carboxylic acids is 1. The predicted molar refractivity (Wildman–Crippen MR) is 96.3 cm³/mol. The molecule has 1 amide bonds. The van der Waals surface area contributed by atoms with E-state index in [4.69, 9.17) is 15.2 Å². The molecule has 2 aromatic carbocycles. The third kappa shape index (κ3) is 4.20. The van der Waals surface area contributed by atoms with Crippen molar-refractivity contribution < 1.29 is 18.7 Å². The van der Waals surface area contributed by atoms with E-state index in [0.717, 1.165) is 23.3 Å². The van der Waals surface area contributed by atoms with Crippen molar-refractivity contribution in [3.05, 3.63) is 65.5 Å². The Morgan fingerprint density at radius 1 is 1.19 bits per heavy atom. The van der Waals surface area contributed by atoms with Gasteiger partial charge in [-0.15, -0.1) is 0 Å². The van der Waals surface area contributed by atoms with Crippen molar-refractivity contribution in [3.8, 4) is 5.75 Å². The molecule has 1 heterocycles. The summed E-state index contributed by atoms with van der Waals surface area (Å²) in [6, 6.07) is 13.1. The van der Waals surface area contributed by atoms with Crippen molar-refractivity contribution in [1.82, 2.24) is 5.32 Å². The maximum absolute atomic E-state index is 13.3. The van der Waals surface area contributed by atoms with Crippen molar-refractivity contribution in [2.45, 2.75) is 31.1 Å². The van der Waals surface area contributed by atoms with Crippen molar-refractivity contribution in [1.29, 1.82) is 0 Å². The number of carbonyl (C=O) groups is 1. The van der Waals surface area contributed by atoms with E-state index in [1.165, 1.54) is 12.1 Å². The molecule has 26 heavy (non-hydrogen) atoms. The fraction of sp³-hybridized carbons (Fsp3) is 0.350. The maximum atomic E-state index is 13.3. The van der Waals surface area contributed by atoms with Gasteiger partial charge in [0.2, 0.25) is 5.91 Å². The van der Waals surface area contributed by atoms with E-state index < -0.39 is 12.1 Å². The van der Waals surface area contributed by atoms with Crippen LogP contribution in [0.15, 0.2) is 48.5 Å². The highest BCUT2D eigenvalue weighted by molar-refractivity contribution is 5.82. The van der Waals surface area contributed by atoms with Gasteiger partial charge < -0.3 is 20.5 Å². The number of halogens is 1. The lowest BCUT2D eigenvalue weighted by atomic mass is 9.98. The van der Waals surface area contributed by atoms with Crippen LogP contribution in [0, 0.1) is 5.82 Å². The first-order valence-corrected chi connectivity index (χ1v) is 8.66. The molecule has 1 unspecified atom stereocenters. The van der Waals surface area contributed by atoms with E-state index in [1.54, 1.807) is 19.2 Å². The molecular formula is C20H23FN2O3. The highest BCUT2D eigenvalue weighted by Gasteiger charge is 2.31. The molecule has 0 spiro atoms. The summed E-state index contributed by atoms with van der Waals surface area (Å²) < 4.78 is 24.2. The standard InChI is InChI=1S/C20H23FN2O3/c1-25-16-8-4-14(5-9-16)19(13-2-6-15(21)7-3-13)23-20(24)18-11-10-17(12-22)26-18/h2-9,17-19H,10-12,22H2,1H3,(H,23,24)/t17-,18+,19?/m1/s1. The molecule has 1 aliphatic heterocycles. The summed E-state index contributed by atoms with van der Waals surface area (Å²) in [4.78, 5) is 12.7. The zero-order chi connectivity index (χ0) is 18.5. The molecule has 138 valence electrons. The van der Waals surface area contributed by atoms with E-state index >= 15 is 0 Å². The molecule has 0 bridgehead atoms. The highest BCUT2D eigenvalue weighted by Crippen LogP contribution is 2.26. The first-order valence-electron chi connectivity index (χ1n) is 8.66. The number of hydrogen-bond acceptors (Lipinski definition) is 4. The first kappa shape index (κ1) is 18.4. The molecular weight excluding hydrogens is 335 g/mol. The van der Waals surface area contributed by atoms with Gasteiger partial charge in [0.05, 0.1) is 19.3 Å². The van der Waals surface area contributed by atoms with Gasteiger partial charge in [0.25, 0.3) is 0 Å². The summed E-state index contributed by atoms with van der Waals surface area (Å²) in [7, 11) is 1.60. The van der Waals surface area contributed by atoms with Gasteiger partial charge in [-0.2, -0.15) is 0 Å². The zero-order valence-corrected chi connectivity index (χ0v) is 14.7. The molecule has 2 aromatic rings. The third-order valence-corrected chi connectivity index (χ3v) is 4.60. The Kier molecular flexibility index (Phi) is 5.85. The Hall–Kier alpha value is -2.44. The molecule has 0 radical (unpaired) electrons. The molecule has 0 aromatic heterocycles. The molecule has 6 heteroatoms. The second-order valence-electron chi connectivity index (χ2n) is 6.33. The van der Waals surface area contributed by atoms with Crippen LogP contribution in [0.1, 0.15) is 30.0 Å². The summed E-state index contributed by atoms with van der Waals surface area (Å²) >= 11 is 0. The normalized spacial score (nSPS) is 20.6. The molecule has 5 nitrogen and oxygen atoms in total. The fourth-order valence-electron chi connectivity index (χ4n) is 3.12. The number of rotatable bonds is 6. The molecule has 3 N–H and O–H groups in total. The van der Waals surface area contributed by atoms with Crippen LogP contribution in [0.5, 0.6) is 5.75 Å². The molecule has 1 aliphatic rings. The van der Waals surface area contributed by atoms with Gasteiger partial charge in [0.1, 0.15) is 17.7 Å². The second kappa shape index (κ2) is 8.29. The highest BCUT2D eigenvalue weighted by atomic mass is 19.1. The van der Waals surface area contributed by atoms with Crippen LogP contribution in [0.25, 0.3) is 0 Å². The lowest BCUT2D eigenvalue weighted by Gasteiger charge is -2.22. The molecule has 1 saturated heterocycles. The number of nitrogens with one attached hydrogen (secondary N) is 1. The minimum Gasteiger partial charge on any atom is -0.497 e. The summed E-state index contributed by atoms with van der Waals surface area (Å²) in [5.41, 5.74) is 7.28. The molecule has 0 saturated carbocycles. The monoisotopic (exact) mass is 358 g/mol. The van der Waals surface area contributed by atoms with Crippen molar-refractivity contribution in [2.75, 3.05) is 13.7 Å². The van der Waals surface area contributed by atoms with Crippen LogP contribution in [0.4, 0.5) is 4.39 Å². The SMILES string of the molecule is COc1ccc(C(NC(=O)[C@@H]2CC[C@H](CN)O2)c2ccc(F)cc2)cc1. The summed E-state index contributed by atoms with van der Waals surface area (Å²) in [6.07, 6.45) is 0.839. The van der Waals surface area contributed by atoms with E-state index in [2.05, 4.69) is 5.32 Å². The Morgan fingerprint density at radius 3 is 2.35 bits per heavy atom. The van der Waals surface area contributed by atoms with Gasteiger partial charge in [-0.25, -0.2) is 4.39 Å². The maximum Gasteiger partial charge on any atom is 0.249 e. The minimum atomic E-state index is -0.509. The van der Waals surface area contributed by atoms with Gasteiger partial charge in [-0.1, -0.05) is 24.3 Å². The average Bonchev–Trinajstić information content (AvgIpc) is 3.16. The summed E-state index contributed by atoms with van der Waals surface area (Å²) in [6.45, 7) is 0.406. The van der Waals surface area contributed by atoms with Crippen molar-refractivity contribution in [2.24, 2.45) is 5.73 Å². The number of amides is 1. The van der Waals surface area contributed by atoms with E-state index in [9.17, 15) is 9.18 Å². The molecule has 3 rings (SSSR count). The number of hydrogen-bond donors (Lipinski definition) is 2.